The highest BCUT2D eigenvalue weighted by atomic mass is 16.5. The van der Waals surface area contributed by atoms with E-state index in [1.165, 1.54) is 7.11 Å². The van der Waals surface area contributed by atoms with Gasteiger partial charge in [0.05, 0.1) is 18.8 Å². The van der Waals surface area contributed by atoms with E-state index in [0.29, 0.717) is 12.8 Å². The van der Waals surface area contributed by atoms with Gasteiger partial charge in [0.25, 0.3) is 0 Å². The zero-order chi connectivity index (χ0) is 13.4. The van der Waals surface area contributed by atoms with Gasteiger partial charge in [-0.25, -0.2) is 0 Å². The first-order chi connectivity index (χ1) is 8.64. The number of methoxy groups -OCH3 is 1. The molecule has 1 unspecified atom stereocenters. The van der Waals surface area contributed by atoms with E-state index >= 15 is 0 Å². The number of ether oxygens (including phenoxy) is 1. The first-order valence-electron chi connectivity index (χ1n) is 6.51. The van der Waals surface area contributed by atoms with E-state index in [0.717, 1.165) is 25.7 Å². The van der Waals surface area contributed by atoms with E-state index in [2.05, 4.69) is 11.4 Å². The first kappa shape index (κ1) is 14.9. The van der Waals surface area contributed by atoms with Crippen LogP contribution in [-0.2, 0) is 9.53 Å². The molecule has 0 saturated heterocycles. The number of carbonyl (C=O) groups is 1. The first-order valence-corrected chi connectivity index (χ1v) is 6.51. The molecule has 18 heavy (non-hydrogen) atoms. The summed E-state index contributed by atoms with van der Waals surface area (Å²) >= 11 is 0. The Labute approximate surface area is 108 Å². The Morgan fingerprint density at radius 2 is 2.06 bits per heavy atom. The van der Waals surface area contributed by atoms with Crippen LogP contribution in [0.5, 0.6) is 0 Å². The summed E-state index contributed by atoms with van der Waals surface area (Å²) in [7, 11) is 1.49. The van der Waals surface area contributed by atoms with Crippen molar-refractivity contribution in [1.82, 2.24) is 5.32 Å². The predicted molar refractivity (Wildman–Crippen MR) is 66.6 cm³/mol. The standard InChI is InChI=1S/C13H22N2O3/c1-18-9-11(16)8-15-12(17)13(10-14)6-4-2-3-5-7-13/h11,16H,2-9H2,1H3,(H,15,17). The number of amides is 1. The van der Waals surface area contributed by atoms with Gasteiger partial charge in [-0.3, -0.25) is 4.79 Å². The minimum absolute atomic E-state index is 0.135. The molecule has 1 atom stereocenters. The van der Waals surface area contributed by atoms with Crippen molar-refractivity contribution < 1.29 is 14.6 Å². The van der Waals surface area contributed by atoms with Crippen LogP contribution >= 0.6 is 0 Å². The van der Waals surface area contributed by atoms with E-state index < -0.39 is 11.5 Å². The summed E-state index contributed by atoms with van der Waals surface area (Å²) in [6.45, 7) is 0.315. The lowest BCUT2D eigenvalue weighted by atomic mass is 9.81. The molecule has 1 rings (SSSR count). The van der Waals surface area contributed by atoms with E-state index in [9.17, 15) is 15.2 Å². The molecule has 102 valence electrons. The zero-order valence-electron chi connectivity index (χ0n) is 10.9. The predicted octanol–water partition coefficient (Wildman–Crippen LogP) is 0.974. The van der Waals surface area contributed by atoms with Crippen LogP contribution < -0.4 is 5.32 Å². The van der Waals surface area contributed by atoms with Gasteiger partial charge in [0, 0.05) is 13.7 Å². The fourth-order valence-corrected chi connectivity index (χ4v) is 2.35. The lowest BCUT2D eigenvalue weighted by Crippen LogP contribution is -2.43. The van der Waals surface area contributed by atoms with Crippen molar-refractivity contribution in [2.75, 3.05) is 20.3 Å². The molecule has 5 heteroatoms. The normalized spacial score (nSPS) is 20.5. The van der Waals surface area contributed by atoms with Gasteiger partial charge in [0.2, 0.25) is 5.91 Å². The maximum absolute atomic E-state index is 12.1. The molecule has 5 nitrogen and oxygen atoms in total. The van der Waals surface area contributed by atoms with Crippen LogP contribution in [-0.4, -0.2) is 37.4 Å². The number of hydrogen-bond donors (Lipinski definition) is 2. The van der Waals surface area contributed by atoms with E-state index in [4.69, 9.17) is 4.74 Å². The monoisotopic (exact) mass is 254 g/mol. The van der Waals surface area contributed by atoms with Gasteiger partial charge >= 0.3 is 0 Å². The van der Waals surface area contributed by atoms with Crippen LogP contribution in [0.25, 0.3) is 0 Å². The van der Waals surface area contributed by atoms with Crippen molar-refractivity contribution in [3.8, 4) is 6.07 Å². The Hall–Kier alpha value is -1.12. The van der Waals surface area contributed by atoms with Gasteiger partial charge in [0.15, 0.2) is 0 Å². The SMILES string of the molecule is COCC(O)CNC(=O)C1(C#N)CCCCCC1. The molecule has 1 amide bonds. The summed E-state index contributed by atoms with van der Waals surface area (Å²) in [4.78, 5) is 12.1. The summed E-state index contributed by atoms with van der Waals surface area (Å²) in [6, 6.07) is 2.19. The second-order valence-corrected chi connectivity index (χ2v) is 4.93. The summed E-state index contributed by atoms with van der Waals surface area (Å²) < 4.78 is 4.79. The van der Waals surface area contributed by atoms with E-state index in [1.807, 2.05) is 0 Å². The summed E-state index contributed by atoms with van der Waals surface area (Å²) in [5.41, 5.74) is -0.900. The van der Waals surface area contributed by atoms with Crippen molar-refractivity contribution in [2.45, 2.75) is 44.6 Å². The fraction of sp³-hybridized carbons (Fsp3) is 0.846. The quantitative estimate of drug-likeness (QED) is 0.716. The van der Waals surface area contributed by atoms with Crippen molar-refractivity contribution in [3.63, 3.8) is 0 Å². The lowest BCUT2D eigenvalue weighted by molar-refractivity contribution is -0.129. The molecule has 1 fully saturated rings. The highest BCUT2D eigenvalue weighted by molar-refractivity contribution is 5.85. The maximum Gasteiger partial charge on any atom is 0.240 e. The minimum Gasteiger partial charge on any atom is -0.389 e. The molecular formula is C13H22N2O3. The smallest absolute Gasteiger partial charge is 0.240 e. The Morgan fingerprint density at radius 3 is 2.56 bits per heavy atom. The third-order valence-electron chi connectivity index (χ3n) is 3.46. The summed E-state index contributed by atoms with van der Waals surface area (Å²) in [5, 5.41) is 21.5. The summed E-state index contributed by atoms with van der Waals surface area (Å²) in [5.74, 6) is -0.248. The molecule has 0 aromatic carbocycles. The van der Waals surface area contributed by atoms with Crippen LogP contribution in [0.2, 0.25) is 0 Å². The minimum atomic E-state index is -0.900. The zero-order valence-corrected chi connectivity index (χ0v) is 10.9. The van der Waals surface area contributed by atoms with Gasteiger partial charge in [-0.2, -0.15) is 5.26 Å². The number of carbonyl (C=O) groups excluding carboxylic acids is 1. The average molecular weight is 254 g/mol. The highest BCUT2D eigenvalue weighted by Gasteiger charge is 2.38. The molecule has 1 aliphatic carbocycles. The highest BCUT2D eigenvalue weighted by Crippen LogP contribution is 2.34. The third-order valence-corrected chi connectivity index (χ3v) is 3.46. The summed E-state index contributed by atoms with van der Waals surface area (Å²) in [6.07, 6.45) is 4.53. The van der Waals surface area contributed by atoms with Crippen LogP contribution in [0.1, 0.15) is 38.5 Å². The van der Waals surface area contributed by atoms with Crippen molar-refractivity contribution in [1.29, 1.82) is 5.26 Å². The molecule has 1 aliphatic rings. The topological polar surface area (TPSA) is 82.3 Å². The van der Waals surface area contributed by atoms with Crippen molar-refractivity contribution >= 4 is 5.91 Å². The number of nitrogens with zero attached hydrogens (tertiary/aromatic N) is 1. The molecule has 0 aliphatic heterocycles. The molecule has 0 radical (unpaired) electrons. The van der Waals surface area contributed by atoms with E-state index in [1.54, 1.807) is 0 Å². The number of rotatable bonds is 5. The van der Waals surface area contributed by atoms with Gasteiger partial charge in [-0.1, -0.05) is 25.7 Å². The second kappa shape index (κ2) is 7.34. The molecular weight excluding hydrogens is 232 g/mol. The van der Waals surface area contributed by atoms with E-state index in [-0.39, 0.29) is 19.1 Å². The molecule has 0 aromatic rings. The van der Waals surface area contributed by atoms with Crippen LogP contribution in [0, 0.1) is 16.7 Å². The number of nitriles is 1. The Kier molecular flexibility index (Phi) is 6.10. The fourth-order valence-electron chi connectivity index (χ4n) is 2.35. The molecule has 0 aromatic heterocycles. The van der Waals surface area contributed by atoms with Gasteiger partial charge in [0.1, 0.15) is 5.41 Å². The molecule has 0 bridgehead atoms. The number of aliphatic hydroxyl groups excluding tert-OH is 1. The largest absolute Gasteiger partial charge is 0.389 e. The average Bonchev–Trinajstić information content (AvgIpc) is 2.62. The van der Waals surface area contributed by atoms with Crippen LogP contribution in [0.15, 0.2) is 0 Å². The molecule has 0 spiro atoms. The second-order valence-electron chi connectivity index (χ2n) is 4.93. The third kappa shape index (κ3) is 3.97. The van der Waals surface area contributed by atoms with Gasteiger partial charge in [-0.15, -0.1) is 0 Å². The molecule has 0 heterocycles. The Bertz CT molecular complexity index is 304. The number of hydrogen-bond acceptors (Lipinski definition) is 4. The Balaban J connectivity index is 2.53. The number of aliphatic hydroxyl groups is 1. The van der Waals surface area contributed by atoms with Gasteiger partial charge in [-0.05, 0) is 12.8 Å². The Morgan fingerprint density at radius 1 is 1.44 bits per heavy atom. The molecule has 2 N–H and O–H groups in total. The molecule has 1 saturated carbocycles. The maximum atomic E-state index is 12.1. The van der Waals surface area contributed by atoms with Crippen molar-refractivity contribution in [3.05, 3.63) is 0 Å². The van der Waals surface area contributed by atoms with Gasteiger partial charge < -0.3 is 15.2 Å². The van der Waals surface area contributed by atoms with Crippen LogP contribution in [0.3, 0.4) is 0 Å². The lowest BCUT2D eigenvalue weighted by Gasteiger charge is -2.24. The van der Waals surface area contributed by atoms with Crippen LogP contribution in [0.4, 0.5) is 0 Å². The van der Waals surface area contributed by atoms with Crippen molar-refractivity contribution in [2.24, 2.45) is 5.41 Å². The number of nitrogens with one attached hydrogen (secondary N) is 1.